The molecular formula is C22H42O5. The van der Waals surface area contributed by atoms with Gasteiger partial charge in [-0.25, -0.2) is 4.79 Å². The van der Waals surface area contributed by atoms with E-state index < -0.39 is 11.6 Å². The largest absolute Gasteiger partial charge is 0.479 e. The predicted molar refractivity (Wildman–Crippen MR) is 110 cm³/mol. The number of carboxylic acid groups (broad SMARTS) is 1. The molecule has 0 aromatic carbocycles. The molecule has 160 valence electrons. The summed E-state index contributed by atoms with van der Waals surface area (Å²) >= 11 is 0. The van der Waals surface area contributed by atoms with Crippen LogP contribution in [0.25, 0.3) is 0 Å². The molecule has 0 saturated heterocycles. The van der Waals surface area contributed by atoms with Crippen LogP contribution in [0.5, 0.6) is 0 Å². The summed E-state index contributed by atoms with van der Waals surface area (Å²) in [6, 6.07) is 0. The lowest BCUT2D eigenvalue weighted by Gasteiger charge is -2.21. The van der Waals surface area contributed by atoms with E-state index in [1.807, 2.05) is 6.08 Å². The summed E-state index contributed by atoms with van der Waals surface area (Å²) < 4.78 is 4.86. The van der Waals surface area contributed by atoms with Gasteiger partial charge in [-0.1, -0.05) is 70.4 Å². The fourth-order valence-corrected chi connectivity index (χ4v) is 3.09. The third kappa shape index (κ3) is 14.8. The number of carbonyl (C=O) groups is 1. The van der Waals surface area contributed by atoms with Gasteiger partial charge < -0.3 is 20.1 Å². The minimum absolute atomic E-state index is 0.0874. The Morgan fingerprint density at radius 3 is 2.15 bits per heavy atom. The molecule has 0 heterocycles. The molecule has 5 nitrogen and oxygen atoms in total. The molecule has 0 aliphatic carbocycles. The number of methoxy groups -OCH3 is 1. The zero-order valence-electron chi connectivity index (χ0n) is 17.5. The molecule has 1 unspecified atom stereocenters. The van der Waals surface area contributed by atoms with Gasteiger partial charge in [-0.05, 0) is 25.7 Å². The van der Waals surface area contributed by atoms with Crippen LogP contribution in [0.2, 0.25) is 0 Å². The number of aliphatic hydroxyl groups excluding tert-OH is 1. The molecule has 0 fully saturated rings. The SMILES string of the molecule is CCCCCCCC(O)CCCCCC/C=C/C[C@@](O)(CCOC)C(=O)O. The number of unbranched alkanes of at least 4 members (excludes halogenated alkanes) is 8. The van der Waals surface area contributed by atoms with Crippen molar-refractivity contribution < 1.29 is 24.9 Å². The number of allylic oxidation sites excluding steroid dienone is 1. The van der Waals surface area contributed by atoms with E-state index >= 15 is 0 Å². The van der Waals surface area contributed by atoms with Gasteiger partial charge >= 0.3 is 5.97 Å². The molecule has 0 saturated carbocycles. The van der Waals surface area contributed by atoms with Crippen LogP contribution in [0.3, 0.4) is 0 Å². The van der Waals surface area contributed by atoms with E-state index in [-0.39, 0.29) is 25.6 Å². The lowest BCUT2D eigenvalue weighted by molar-refractivity contribution is -0.160. The Labute approximate surface area is 165 Å². The topological polar surface area (TPSA) is 87.0 Å². The first kappa shape index (κ1) is 26.1. The predicted octanol–water partition coefficient (Wildman–Crippen LogP) is 4.85. The lowest BCUT2D eigenvalue weighted by atomic mass is 9.95. The average molecular weight is 387 g/mol. The Morgan fingerprint density at radius 1 is 1.00 bits per heavy atom. The standard InChI is InChI=1S/C22H42O5/c1-3-4-5-9-12-15-20(23)16-13-10-7-6-8-11-14-17-22(26,21(24)25)18-19-27-2/h11,14,20,23,26H,3-10,12-13,15-19H2,1-2H3,(H,24,25)/b14-11+/t20?,22-/m1/s1. The van der Waals surface area contributed by atoms with Crippen LogP contribution < -0.4 is 0 Å². The van der Waals surface area contributed by atoms with Crippen LogP contribution in [0, 0.1) is 0 Å². The number of rotatable bonds is 19. The van der Waals surface area contributed by atoms with Gasteiger partial charge in [0.15, 0.2) is 5.60 Å². The molecule has 2 atom stereocenters. The van der Waals surface area contributed by atoms with Crippen LogP contribution in [-0.4, -0.2) is 46.7 Å². The Morgan fingerprint density at radius 2 is 1.59 bits per heavy atom. The summed E-state index contributed by atoms with van der Waals surface area (Å²) in [6.45, 7) is 2.44. The quantitative estimate of drug-likeness (QED) is 0.218. The summed E-state index contributed by atoms with van der Waals surface area (Å²) in [7, 11) is 1.49. The Hall–Kier alpha value is -0.910. The van der Waals surface area contributed by atoms with Crippen molar-refractivity contribution in [3.63, 3.8) is 0 Å². The second kappa shape index (κ2) is 17.2. The Balaban J connectivity index is 3.64. The fourth-order valence-electron chi connectivity index (χ4n) is 3.09. The molecule has 5 heteroatoms. The molecule has 0 rings (SSSR count). The molecule has 0 aromatic rings. The normalized spacial score (nSPS) is 15.1. The van der Waals surface area contributed by atoms with Gasteiger partial charge in [0.05, 0.1) is 6.10 Å². The van der Waals surface area contributed by atoms with Crippen molar-refractivity contribution in [2.24, 2.45) is 0 Å². The van der Waals surface area contributed by atoms with Gasteiger partial charge in [0.25, 0.3) is 0 Å². The van der Waals surface area contributed by atoms with Crippen molar-refractivity contribution in [3.05, 3.63) is 12.2 Å². The van der Waals surface area contributed by atoms with E-state index in [0.29, 0.717) is 0 Å². The van der Waals surface area contributed by atoms with Crippen molar-refractivity contribution in [1.29, 1.82) is 0 Å². The highest BCUT2D eigenvalue weighted by Crippen LogP contribution is 2.17. The second-order valence-electron chi connectivity index (χ2n) is 7.60. The number of aliphatic hydroxyl groups is 2. The molecule has 0 amide bonds. The first-order valence-electron chi connectivity index (χ1n) is 10.7. The maximum absolute atomic E-state index is 11.2. The van der Waals surface area contributed by atoms with Gasteiger partial charge in [-0.15, -0.1) is 0 Å². The monoisotopic (exact) mass is 386 g/mol. The van der Waals surface area contributed by atoms with E-state index in [4.69, 9.17) is 9.84 Å². The fraction of sp³-hybridized carbons (Fsp3) is 0.864. The minimum Gasteiger partial charge on any atom is -0.479 e. The summed E-state index contributed by atoms with van der Waals surface area (Å²) in [5, 5.41) is 29.2. The van der Waals surface area contributed by atoms with Gasteiger partial charge in [0.1, 0.15) is 0 Å². The molecule has 27 heavy (non-hydrogen) atoms. The molecule has 3 N–H and O–H groups in total. The van der Waals surface area contributed by atoms with Crippen LogP contribution in [0.15, 0.2) is 12.2 Å². The smallest absolute Gasteiger partial charge is 0.336 e. The van der Waals surface area contributed by atoms with Crippen molar-refractivity contribution in [2.45, 2.75) is 109 Å². The highest BCUT2D eigenvalue weighted by Gasteiger charge is 2.34. The molecule has 0 aliphatic rings. The molecule has 0 aliphatic heterocycles. The third-order valence-electron chi connectivity index (χ3n) is 5.04. The van der Waals surface area contributed by atoms with Gasteiger partial charge in [0.2, 0.25) is 0 Å². The van der Waals surface area contributed by atoms with E-state index in [1.54, 1.807) is 6.08 Å². The number of ether oxygens (including phenoxy) is 1. The van der Waals surface area contributed by atoms with Crippen LogP contribution in [0.4, 0.5) is 0 Å². The number of aliphatic carboxylic acids is 1. The molecule has 0 radical (unpaired) electrons. The second-order valence-corrected chi connectivity index (χ2v) is 7.60. The first-order valence-corrected chi connectivity index (χ1v) is 10.7. The highest BCUT2D eigenvalue weighted by atomic mass is 16.5. The number of hydrogen-bond donors (Lipinski definition) is 3. The van der Waals surface area contributed by atoms with E-state index in [0.717, 1.165) is 51.4 Å². The summed E-state index contributed by atoms with van der Waals surface area (Å²) in [5.41, 5.74) is -1.74. The Kier molecular flexibility index (Phi) is 16.6. The van der Waals surface area contributed by atoms with Crippen molar-refractivity contribution in [3.8, 4) is 0 Å². The maximum Gasteiger partial charge on any atom is 0.336 e. The van der Waals surface area contributed by atoms with Crippen molar-refractivity contribution in [2.75, 3.05) is 13.7 Å². The molecule has 0 aromatic heterocycles. The maximum atomic E-state index is 11.2. The van der Waals surface area contributed by atoms with Crippen LogP contribution in [-0.2, 0) is 9.53 Å². The summed E-state index contributed by atoms with van der Waals surface area (Å²) in [6.07, 6.45) is 17.0. The third-order valence-corrected chi connectivity index (χ3v) is 5.04. The minimum atomic E-state index is -1.74. The summed E-state index contributed by atoms with van der Waals surface area (Å²) in [5.74, 6) is -1.20. The van der Waals surface area contributed by atoms with Gasteiger partial charge in [-0.3, -0.25) is 0 Å². The molecule has 0 bridgehead atoms. The van der Waals surface area contributed by atoms with Gasteiger partial charge in [-0.2, -0.15) is 0 Å². The average Bonchev–Trinajstić information content (AvgIpc) is 2.64. The van der Waals surface area contributed by atoms with Crippen molar-refractivity contribution >= 4 is 5.97 Å². The summed E-state index contributed by atoms with van der Waals surface area (Å²) in [4.78, 5) is 11.2. The van der Waals surface area contributed by atoms with E-state index in [9.17, 15) is 15.0 Å². The van der Waals surface area contributed by atoms with E-state index in [2.05, 4.69) is 6.92 Å². The van der Waals surface area contributed by atoms with E-state index in [1.165, 1.54) is 32.8 Å². The van der Waals surface area contributed by atoms with Gasteiger partial charge in [0, 0.05) is 26.6 Å². The molecular weight excluding hydrogens is 344 g/mol. The lowest BCUT2D eigenvalue weighted by Crippen LogP contribution is -2.39. The van der Waals surface area contributed by atoms with Crippen LogP contribution in [0.1, 0.15) is 96.8 Å². The van der Waals surface area contributed by atoms with Crippen molar-refractivity contribution in [1.82, 2.24) is 0 Å². The number of hydrogen-bond acceptors (Lipinski definition) is 4. The zero-order chi connectivity index (χ0) is 20.4. The zero-order valence-corrected chi connectivity index (χ0v) is 17.5. The highest BCUT2D eigenvalue weighted by molar-refractivity contribution is 5.77. The van der Waals surface area contributed by atoms with Crippen LogP contribution >= 0.6 is 0 Å². The Bertz CT molecular complexity index is 383. The molecule has 0 spiro atoms. The number of carboxylic acids is 1. The first-order chi connectivity index (χ1) is 13.0.